The molecule has 10 heteroatoms. The van der Waals surface area contributed by atoms with E-state index in [1.54, 1.807) is 26.4 Å². The quantitative estimate of drug-likeness (QED) is 0.158. The zero-order valence-corrected chi connectivity index (χ0v) is 28.9. The largest absolute Gasteiger partial charge is 0.493 e. The first-order chi connectivity index (χ1) is 23.4. The van der Waals surface area contributed by atoms with Crippen molar-refractivity contribution in [2.45, 2.75) is 32.4 Å². The number of methoxy groups -OCH3 is 2. The highest BCUT2D eigenvalue weighted by atomic mass is 35.5. The molecule has 0 unspecified atom stereocenters. The Balaban J connectivity index is 1.32. The molecule has 7 rings (SSSR count). The van der Waals surface area contributed by atoms with Crippen molar-refractivity contribution in [3.8, 4) is 23.0 Å². The van der Waals surface area contributed by atoms with Crippen LogP contribution >= 0.6 is 34.5 Å². The molecular weight excluding hydrogens is 667 g/mol. The van der Waals surface area contributed by atoms with Gasteiger partial charge in [0.15, 0.2) is 27.8 Å². The normalized spacial score (nSPS) is 15.3. The number of allylic oxidation sites excluding steroid dienone is 1. The van der Waals surface area contributed by atoms with Gasteiger partial charge in [-0.05, 0) is 84.5 Å². The molecule has 1 aromatic heterocycles. The molecule has 0 fully saturated rings. The van der Waals surface area contributed by atoms with Crippen LogP contribution in [0.3, 0.4) is 0 Å². The van der Waals surface area contributed by atoms with Crippen LogP contribution in [0.2, 0.25) is 10.0 Å². The number of fused-ring (bicyclic) bond motifs is 3. The van der Waals surface area contributed by atoms with Gasteiger partial charge in [-0.3, -0.25) is 9.36 Å². The predicted octanol–water partition coefficient (Wildman–Crippen LogP) is 7.62. The van der Waals surface area contributed by atoms with E-state index in [0.29, 0.717) is 49.0 Å². The molecule has 0 spiro atoms. The maximum atomic E-state index is 14.3. The highest BCUT2D eigenvalue weighted by Crippen LogP contribution is 2.43. The number of hydrogen-bond donors (Lipinski definition) is 0. The van der Waals surface area contributed by atoms with Gasteiger partial charge in [0.2, 0.25) is 0 Å². The second kappa shape index (κ2) is 13.5. The molecule has 5 aromatic rings. The summed E-state index contributed by atoms with van der Waals surface area (Å²) in [7, 11) is 3.23. The molecule has 244 valence electrons. The summed E-state index contributed by atoms with van der Waals surface area (Å²) >= 11 is 13.8. The van der Waals surface area contributed by atoms with Crippen LogP contribution in [0, 0.1) is 0 Å². The van der Waals surface area contributed by atoms with E-state index in [2.05, 4.69) is 18.2 Å². The minimum absolute atomic E-state index is 0.111. The van der Waals surface area contributed by atoms with Crippen molar-refractivity contribution in [2.75, 3.05) is 20.8 Å². The molecule has 0 amide bonds. The first-order valence-electron chi connectivity index (χ1n) is 15.6. The third kappa shape index (κ3) is 6.00. The van der Waals surface area contributed by atoms with Gasteiger partial charge in [-0.1, -0.05) is 77.0 Å². The predicted molar refractivity (Wildman–Crippen MR) is 191 cm³/mol. The van der Waals surface area contributed by atoms with E-state index in [1.807, 2.05) is 66.1 Å². The van der Waals surface area contributed by atoms with Crippen molar-refractivity contribution in [1.29, 1.82) is 0 Å². The Labute approximate surface area is 291 Å². The molecule has 0 N–H and O–H groups in total. The summed E-state index contributed by atoms with van der Waals surface area (Å²) in [5.74, 6) is 2.38. The van der Waals surface area contributed by atoms with Gasteiger partial charge in [-0.25, -0.2) is 4.99 Å². The van der Waals surface area contributed by atoms with Crippen LogP contribution in [0.4, 0.5) is 0 Å². The molecule has 1 aliphatic heterocycles. The number of rotatable bonds is 9. The Morgan fingerprint density at radius 1 is 0.896 bits per heavy atom. The average molecular weight is 700 g/mol. The number of aromatic nitrogens is 1. The van der Waals surface area contributed by atoms with Gasteiger partial charge in [0, 0.05) is 21.2 Å². The molecule has 1 aliphatic carbocycles. The minimum Gasteiger partial charge on any atom is -0.493 e. The lowest BCUT2D eigenvalue weighted by Gasteiger charge is -2.31. The third-order valence-corrected chi connectivity index (χ3v) is 10.1. The van der Waals surface area contributed by atoms with Crippen molar-refractivity contribution in [2.24, 2.45) is 4.99 Å². The molecule has 1 atom stereocenters. The second-order valence-electron chi connectivity index (χ2n) is 11.4. The Bertz CT molecular complexity index is 2260. The number of aryl methyl sites for hydroxylation is 1. The molecule has 0 saturated carbocycles. The van der Waals surface area contributed by atoms with Crippen LogP contribution < -0.4 is 33.8 Å². The van der Waals surface area contributed by atoms with Crippen LogP contribution in [0.5, 0.6) is 23.0 Å². The Morgan fingerprint density at radius 2 is 1.71 bits per heavy atom. The Hall–Kier alpha value is -4.50. The van der Waals surface area contributed by atoms with Gasteiger partial charge >= 0.3 is 0 Å². The number of hydrogen-bond acceptors (Lipinski definition) is 7. The van der Waals surface area contributed by atoms with Crippen molar-refractivity contribution in [3.63, 3.8) is 0 Å². The molecule has 4 aromatic carbocycles. The second-order valence-corrected chi connectivity index (χ2v) is 13.2. The van der Waals surface area contributed by atoms with Gasteiger partial charge in [0.25, 0.3) is 5.56 Å². The van der Waals surface area contributed by atoms with Crippen LogP contribution in [-0.4, -0.2) is 25.4 Å². The summed E-state index contributed by atoms with van der Waals surface area (Å²) < 4.78 is 25.6. The fourth-order valence-corrected chi connectivity index (χ4v) is 7.76. The summed E-state index contributed by atoms with van der Waals surface area (Å²) in [6.45, 7) is 2.61. The number of halogens is 2. The molecule has 2 heterocycles. The van der Waals surface area contributed by atoms with Crippen LogP contribution in [0.25, 0.3) is 11.8 Å². The standard InChI is InChI=1S/C38H32Cl2N2O5S/c1-4-46-33-17-22(9-15-31(33)47-21-25-10-13-26(39)20-29(25)40)18-34-37(43)42-36(24-12-16-30(44-2)32(19-24)45-3)28-14-11-23-7-5-6-8-27(23)35(28)41-38(42)48-34/h5-10,12-13,15-20,36H,4,11,14,21H2,1-3H3/b34-18-/t36-/m1/s1. The highest BCUT2D eigenvalue weighted by Gasteiger charge is 2.33. The first kappa shape index (κ1) is 32.1. The number of thiazole rings is 1. The van der Waals surface area contributed by atoms with E-state index in [4.69, 9.17) is 47.1 Å². The molecule has 2 aliphatic rings. The van der Waals surface area contributed by atoms with E-state index >= 15 is 0 Å². The van der Waals surface area contributed by atoms with Crippen molar-refractivity contribution < 1.29 is 18.9 Å². The summed E-state index contributed by atoms with van der Waals surface area (Å²) in [5, 5.41) is 1.09. The van der Waals surface area contributed by atoms with Gasteiger partial charge in [-0.2, -0.15) is 0 Å². The highest BCUT2D eigenvalue weighted by molar-refractivity contribution is 7.07. The summed E-state index contributed by atoms with van der Waals surface area (Å²) in [6, 6.07) is 24.8. The molecule has 0 radical (unpaired) electrons. The first-order valence-corrected chi connectivity index (χ1v) is 17.1. The Morgan fingerprint density at radius 3 is 2.50 bits per heavy atom. The fraction of sp³-hybridized carbons (Fsp3) is 0.211. The number of benzene rings is 4. The summed E-state index contributed by atoms with van der Waals surface area (Å²) in [4.78, 5) is 20.1. The lowest BCUT2D eigenvalue weighted by molar-refractivity contribution is 0.269. The summed E-state index contributed by atoms with van der Waals surface area (Å²) in [5.41, 5.74) is 6.85. The molecule has 0 saturated heterocycles. The topological polar surface area (TPSA) is 71.3 Å². The Kier molecular flexibility index (Phi) is 9.05. The summed E-state index contributed by atoms with van der Waals surface area (Å²) in [6.07, 6.45) is 3.55. The maximum Gasteiger partial charge on any atom is 0.271 e. The smallest absolute Gasteiger partial charge is 0.271 e. The monoisotopic (exact) mass is 698 g/mol. The zero-order chi connectivity index (χ0) is 33.4. The lowest BCUT2D eigenvalue weighted by atomic mass is 9.83. The average Bonchev–Trinajstić information content (AvgIpc) is 3.41. The van der Waals surface area contributed by atoms with Crippen LogP contribution in [-0.2, 0) is 13.0 Å². The zero-order valence-electron chi connectivity index (χ0n) is 26.6. The fourth-order valence-electron chi connectivity index (χ4n) is 6.29. The minimum atomic E-state index is -0.346. The van der Waals surface area contributed by atoms with Gasteiger partial charge in [-0.15, -0.1) is 0 Å². The third-order valence-electron chi connectivity index (χ3n) is 8.56. The number of ether oxygens (including phenoxy) is 4. The van der Waals surface area contributed by atoms with Crippen LogP contribution in [0.15, 0.2) is 94.2 Å². The lowest BCUT2D eigenvalue weighted by Crippen LogP contribution is -2.38. The maximum absolute atomic E-state index is 14.3. The van der Waals surface area contributed by atoms with Gasteiger partial charge < -0.3 is 18.9 Å². The molecular formula is C38H32Cl2N2O5S. The van der Waals surface area contributed by atoms with Gasteiger partial charge in [0.1, 0.15) is 6.61 Å². The van der Waals surface area contributed by atoms with E-state index in [9.17, 15) is 4.79 Å². The molecule has 0 bridgehead atoms. The van der Waals surface area contributed by atoms with Gasteiger partial charge in [0.05, 0.1) is 37.1 Å². The van der Waals surface area contributed by atoms with E-state index in [0.717, 1.165) is 46.4 Å². The van der Waals surface area contributed by atoms with E-state index in [1.165, 1.54) is 16.9 Å². The molecule has 48 heavy (non-hydrogen) atoms. The molecule has 7 nitrogen and oxygen atoms in total. The van der Waals surface area contributed by atoms with Crippen LogP contribution in [0.1, 0.15) is 47.2 Å². The van der Waals surface area contributed by atoms with E-state index in [-0.39, 0.29) is 18.2 Å². The van der Waals surface area contributed by atoms with E-state index < -0.39 is 0 Å². The van der Waals surface area contributed by atoms with Crippen molar-refractivity contribution in [3.05, 3.63) is 142 Å². The SMILES string of the molecule is CCOc1cc(/C=c2\sc3n(c2=O)[C@H](c2ccc(OC)c(OC)c2)C2=C(N=3)c3ccccc3CC2)ccc1OCc1ccc(Cl)cc1Cl. The number of nitrogens with zero attached hydrogens (tertiary/aromatic N) is 2. The van der Waals surface area contributed by atoms with Crippen molar-refractivity contribution in [1.82, 2.24) is 4.57 Å². The van der Waals surface area contributed by atoms with Crippen molar-refractivity contribution >= 4 is 46.3 Å².